The number of benzene rings is 1. The summed E-state index contributed by atoms with van der Waals surface area (Å²) in [7, 11) is 1.70. The van der Waals surface area contributed by atoms with Crippen molar-refractivity contribution in [3.05, 3.63) is 29.3 Å². The summed E-state index contributed by atoms with van der Waals surface area (Å²) in [5.41, 5.74) is 8.16. The molecule has 0 heterocycles. The standard InChI is InChI=1S/C19H33N3O2/c1-4-5-6-7-11-21-19(20)22-15-17-10-9-16(2)14-18(17)24-13-8-12-23-3/h9-10,14H,4-8,11-13,15H2,1-3H3,(H3,20,21,22). The second-order valence-corrected chi connectivity index (χ2v) is 5.99. The average molecular weight is 335 g/mol. The molecule has 1 rings (SSSR count). The number of hydrogen-bond donors (Lipinski definition) is 2. The predicted octanol–water partition coefficient (Wildman–Crippen LogP) is 3.39. The first kappa shape index (κ1) is 20.3. The molecular weight excluding hydrogens is 302 g/mol. The van der Waals surface area contributed by atoms with Gasteiger partial charge in [0.1, 0.15) is 5.75 Å². The van der Waals surface area contributed by atoms with E-state index in [0.717, 1.165) is 30.7 Å². The largest absolute Gasteiger partial charge is 0.493 e. The maximum absolute atomic E-state index is 5.94. The Kier molecular flexibility index (Phi) is 10.7. The van der Waals surface area contributed by atoms with Gasteiger partial charge in [0.05, 0.1) is 13.2 Å². The summed E-state index contributed by atoms with van der Waals surface area (Å²) in [6.07, 6.45) is 5.74. The Morgan fingerprint density at radius 3 is 2.75 bits per heavy atom. The molecule has 136 valence electrons. The van der Waals surface area contributed by atoms with Crippen LogP contribution in [-0.2, 0) is 11.3 Å². The number of nitrogens with one attached hydrogen (secondary N) is 1. The van der Waals surface area contributed by atoms with Crippen LogP contribution in [0.15, 0.2) is 23.2 Å². The molecule has 5 nitrogen and oxygen atoms in total. The number of hydrogen-bond acceptors (Lipinski definition) is 3. The fourth-order valence-corrected chi connectivity index (χ4v) is 2.31. The van der Waals surface area contributed by atoms with Crippen molar-refractivity contribution in [2.45, 2.75) is 52.5 Å². The average Bonchev–Trinajstić information content (AvgIpc) is 2.58. The van der Waals surface area contributed by atoms with Gasteiger partial charge < -0.3 is 20.5 Å². The lowest BCUT2D eigenvalue weighted by molar-refractivity contribution is 0.172. The Morgan fingerprint density at radius 1 is 1.17 bits per heavy atom. The van der Waals surface area contributed by atoms with Crippen molar-refractivity contribution < 1.29 is 9.47 Å². The molecule has 0 spiro atoms. The third-order valence-electron chi connectivity index (χ3n) is 3.73. The maximum atomic E-state index is 5.94. The zero-order valence-electron chi connectivity index (χ0n) is 15.4. The minimum absolute atomic E-state index is 0.498. The third kappa shape index (κ3) is 8.77. The van der Waals surface area contributed by atoms with Crippen molar-refractivity contribution in [3.63, 3.8) is 0 Å². The van der Waals surface area contributed by atoms with Gasteiger partial charge in [0, 0.05) is 32.2 Å². The smallest absolute Gasteiger partial charge is 0.188 e. The minimum Gasteiger partial charge on any atom is -0.493 e. The molecule has 0 bridgehead atoms. The van der Waals surface area contributed by atoms with Crippen molar-refractivity contribution in [2.24, 2.45) is 10.7 Å². The summed E-state index contributed by atoms with van der Waals surface area (Å²) in [6, 6.07) is 6.17. The van der Waals surface area contributed by atoms with E-state index in [1.54, 1.807) is 7.11 Å². The van der Waals surface area contributed by atoms with Gasteiger partial charge in [-0.1, -0.05) is 38.3 Å². The van der Waals surface area contributed by atoms with Crippen LogP contribution in [0.25, 0.3) is 0 Å². The van der Waals surface area contributed by atoms with E-state index in [1.165, 1.54) is 24.8 Å². The minimum atomic E-state index is 0.498. The second-order valence-electron chi connectivity index (χ2n) is 5.99. The van der Waals surface area contributed by atoms with Gasteiger partial charge in [-0.3, -0.25) is 0 Å². The predicted molar refractivity (Wildman–Crippen MR) is 101 cm³/mol. The van der Waals surface area contributed by atoms with E-state index in [9.17, 15) is 0 Å². The van der Waals surface area contributed by atoms with Crippen LogP contribution in [0.2, 0.25) is 0 Å². The number of nitrogens with two attached hydrogens (primary N) is 1. The third-order valence-corrected chi connectivity index (χ3v) is 3.73. The molecule has 0 aliphatic rings. The molecule has 24 heavy (non-hydrogen) atoms. The van der Waals surface area contributed by atoms with E-state index in [-0.39, 0.29) is 0 Å². The van der Waals surface area contributed by atoms with Crippen LogP contribution in [0.1, 0.15) is 50.2 Å². The molecule has 0 aromatic heterocycles. The highest BCUT2D eigenvalue weighted by Gasteiger charge is 2.04. The van der Waals surface area contributed by atoms with Crippen molar-refractivity contribution in [3.8, 4) is 5.75 Å². The van der Waals surface area contributed by atoms with E-state index in [1.807, 2.05) is 6.07 Å². The number of methoxy groups -OCH3 is 1. The first-order chi connectivity index (χ1) is 11.7. The summed E-state index contributed by atoms with van der Waals surface area (Å²) >= 11 is 0. The number of ether oxygens (including phenoxy) is 2. The Bertz CT molecular complexity index is 490. The SMILES string of the molecule is CCCCCCNC(N)=NCc1ccc(C)cc1OCCCOC. The number of rotatable bonds is 12. The van der Waals surface area contributed by atoms with Crippen molar-refractivity contribution >= 4 is 5.96 Å². The maximum Gasteiger partial charge on any atom is 0.188 e. The van der Waals surface area contributed by atoms with E-state index in [2.05, 4.69) is 36.3 Å². The first-order valence-corrected chi connectivity index (χ1v) is 8.92. The molecule has 5 heteroatoms. The van der Waals surface area contributed by atoms with E-state index < -0.39 is 0 Å². The molecule has 0 unspecified atom stereocenters. The molecular formula is C19H33N3O2. The molecule has 0 saturated carbocycles. The number of nitrogens with zero attached hydrogens (tertiary/aromatic N) is 1. The molecule has 1 aromatic carbocycles. The van der Waals surface area contributed by atoms with Gasteiger partial charge in [0.2, 0.25) is 0 Å². The first-order valence-electron chi connectivity index (χ1n) is 8.92. The quantitative estimate of drug-likeness (QED) is 0.349. The molecule has 0 radical (unpaired) electrons. The fourth-order valence-electron chi connectivity index (χ4n) is 2.31. The van der Waals surface area contributed by atoms with Gasteiger partial charge in [-0.2, -0.15) is 0 Å². The highest BCUT2D eigenvalue weighted by atomic mass is 16.5. The number of unbranched alkanes of at least 4 members (excludes halogenated alkanes) is 3. The Morgan fingerprint density at radius 2 is 2.00 bits per heavy atom. The van der Waals surface area contributed by atoms with Crippen LogP contribution in [0, 0.1) is 6.92 Å². The molecule has 0 amide bonds. The summed E-state index contributed by atoms with van der Waals surface area (Å²) in [4.78, 5) is 4.43. The number of guanidine groups is 1. The molecule has 0 aliphatic heterocycles. The van der Waals surface area contributed by atoms with Crippen molar-refractivity contribution in [1.29, 1.82) is 0 Å². The van der Waals surface area contributed by atoms with Gasteiger partial charge in [0.25, 0.3) is 0 Å². The van der Waals surface area contributed by atoms with Crippen LogP contribution < -0.4 is 15.8 Å². The van der Waals surface area contributed by atoms with E-state index >= 15 is 0 Å². The van der Waals surface area contributed by atoms with Crippen LogP contribution in [0.3, 0.4) is 0 Å². The molecule has 0 fully saturated rings. The van der Waals surface area contributed by atoms with Gasteiger partial charge in [-0.25, -0.2) is 4.99 Å². The Hall–Kier alpha value is -1.75. The lowest BCUT2D eigenvalue weighted by Crippen LogP contribution is -2.32. The number of aryl methyl sites for hydroxylation is 1. The zero-order valence-corrected chi connectivity index (χ0v) is 15.4. The monoisotopic (exact) mass is 335 g/mol. The highest BCUT2D eigenvalue weighted by molar-refractivity contribution is 5.77. The van der Waals surface area contributed by atoms with E-state index in [4.69, 9.17) is 15.2 Å². The lowest BCUT2D eigenvalue weighted by atomic mass is 10.1. The molecule has 0 atom stereocenters. The highest BCUT2D eigenvalue weighted by Crippen LogP contribution is 2.21. The van der Waals surface area contributed by atoms with Crippen molar-refractivity contribution in [1.82, 2.24) is 5.32 Å². The van der Waals surface area contributed by atoms with Crippen LogP contribution >= 0.6 is 0 Å². The summed E-state index contributed by atoms with van der Waals surface area (Å²) < 4.78 is 10.9. The molecule has 0 aliphatic carbocycles. The van der Waals surface area contributed by atoms with Crippen LogP contribution in [-0.4, -0.2) is 32.8 Å². The number of aliphatic imine (C=N–C) groups is 1. The van der Waals surface area contributed by atoms with Gasteiger partial charge in [0.15, 0.2) is 5.96 Å². The zero-order chi connectivity index (χ0) is 17.6. The lowest BCUT2D eigenvalue weighted by Gasteiger charge is -2.12. The molecule has 0 saturated heterocycles. The van der Waals surface area contributed by atoms with Crippen molar-refractivity contribution in [2.75, 3.05) is 26.9 Å². The Labute approximate surface area is 146 Å². The summed E-state index contributed by atoms with van der Waals surface area (Å²) in [5.74, 6) is 1.38. The summed E-state index contributed by atoms with van der Waals surface area (Å²) in [5, 5.41) is 3.17. The van der Waals surface area contributed by atoms with E-state index in [0.29, 0.717) is 25.7 Å². The van der Waals surface area contributed by atoms with Gasteiger partial charge in [-0.15, -0.1) is 0 Å². The van der Waals surface area contributed by atoms with Gasteiger partial charge in [-0.05, 0) is 25.0 Å². The molecule has 3 N–H and O–H groups in total. The topological polar surface area (TPSA) is 68.9 Å². The summed E-state index contributed by atoms with van der Waals surface area (Å²) in [6.45, 7) is 7.01. The normalized spacial score (nSPS) is 11.5. The van der Waals surface area contributed by atoms with Gasteiger partial charge >= 0.3 is 0 Å². The van der Waals surface area contributed by atoms with Crippen LogP contribution in [0.4, 0.5) is 0 Å². The van der Waals surface area contributed by atoms with Crippen LogP contribution in [0.5, 0.6) is 5.75 Å². The Balaban J connectivity index is 2.48. The second kappa shape index (κ2) is 12.6. The fraction of sp³-hybridized carbons (Fsp3) is 0.632. The molecule has 1 aromatic rings.